The molecule has 0 unspecified atom stereocenters. The van der Waals surface area contributed by atoms with Gasteiger partial charge in [0.1, 0.15) is 0 Å². The van der Waals surface area contributed by atoms with E-state index in [1.54, 1.807) is 0 Å². The van der Waals surface area contributed by atoms with Crippen LogP contribution in [0, 0.1) is 13.8 Å². The smallest absolute Gasteiger partial charge is 0.231 e. The van der Waals surface area contributed by atoms with Crippen LogP contribution >= 0.6 is 0 Å². The molecule has 0 saturated carbocycles. The number of hydrogen-bond donors (Lipinski definition) is 2. The van der Waals surface area contributed by atoms with Crippen LogP contribution in [0.5, 0.6) is 11.5 Å². The maximum atomic E-state index is 5.87. The third-order valence-electron chi connectivity index (χ3n) is 3.34. The number of aliphatic imine (C=N–C) groups is 1. The molecule has 0 fully saturated rings. The minimum absolute atomic E-state index is 0.281. The molecule has 3 N–H and O–H groups in total. The van der Waals surface area contributed by atoms with Crippen molar-refractivity contribution in [2.45, 2.75) is 20.3 Å². The number of nitrogens with one attached hydrogen (secondary N) is 1. The number of fused-ring (bicyclic) bond motifs is 1. The standard InChI is InChI=1S/C16H19N5O2/c1-10-7-11(2)20-16(19-10)21-15(17)18-6-5-12-3-4-13-14(8-12)23-9-22-13/h3-4,7-8H,5-6,9H2,1-2H3,(H3,17,18,19,20,21). The fraction of sp³-hybridized carbons (Fsp3) is 0.312. The third-order valence-corrected chi connectivity index (χ3v) is 3.34. The van der Waals surface area contributed by atoms with Crippen molar-refractivity contribution in [3.05, 3.63) is 41.2 Å². The number of aryl methyl sites for hydroxylation is 2. The zero-order chi connectivity index (χ0) is 16.2. The van der Waals surface area contributed by atoms with Gasteiger partial charge in [0.25, 0.3) is 0 Å². The van der Waals surface area contributed by atoms with Gasteiger partial charge in [0.15, 0.2) is 17.5 Å². The Balaban J connectivity index is 1.57. The summed E-state index contributed by atoms with van der Waals surface area (Å²) in [5.74, 6) is 2.33. The Morgan fingerprint density at radius 1 is 1.17 bits per heavy atom. The lowest BCUT2D eigenvalue weighted by Gasteiger charge is -2.06. The van der Waals surface area contributed by atoms with Gasteiger partial charge >= 0.3 is 0 Å². The number of hydrogen-bond acceptors (Lipinski definition) is 5. The lowest BCUT2D eigenvalue weighted by Crippen LogP contribution is -2.24. The molecule has 23 heavy (non-hydrogen) atoms. The molecular weight excluding hydrogens is 294 g/mol. The first-order valence-electron chi connectivity index (χ1n) is 7.38. The van der Waals surface area contributed by atoms with Crippen molar-refractivity contribution < 1.29 is 9.47 Å². The van der Waals surface area contributed by atoms with Crippen LogP contribution in [0.1, 0.15) is 17.0 Å². The van der Waals surface area contributed by atoms with Gasteiger partial charge in [0, 0.05) is 17.9 Å². The molecule has 0 bridgehead atoms. The van der Waals surface area contributed by atoms with E-state index in [-0.39, 0.29) is 6.79 Å². The fourth-order valence-electron chi connectivity index (χ4n) is 2.34. The number of aromatic nitrogens is 2. The molecule has 7 nitrogen and oxygen atoms in total. The Labute approximate surface area is 134 Å². The molecule has 0 amide bonds. The predicted octanol–water partition coefficient (Wildman–Crippen LogP) is 1.79. The second-order valence-corrected chi connectivity index (χ2v) is 5.30. The van der Waals surface area contributed by atoms with Crippen LogP contribution in [0.4, 0.5) is 5.95 Å². The van der Waals surface area contributed by atoms with Crippen molar-refractivity contribution in [3.8, 4) is 11.5 Å². The highest BCUT2D eigenvalue weighted by Crippen LogP contribution is 2.32. The van der Waals surface area contributed by atoms with Crippen molar-refractivity contribution >= 4 is 11.9 Å². The van der Waals surface area contributed by atoms with Crippen molar-refractivity contribution in [1.82, 2.24) is 9.97 Å². The van der Waals surface area contributed by atoms with Crippen molar-refractivity contribution in [3.63, 3.8) is 0 Å². The average Bonchev–Trinajstić information content (AvgIpc) is 2.93. The maximum absolute atomic E-state index is 5.87. The van der Waals surface area contributed by atoms with Crippen LogP contribution in [0.3, 0.4) is 0 Å². The van der Waals surface area contributed by atoms with Crippen LogP contribution in [0.25, 0.3) is 0 Å². The predicted molar refractivity (Wildman–Crippen MR) is 87.9 cm³/mol. The molecule has 0 aliphatic carbocycles. The summed E-state index contributed by atoms with van der Waals surface area (Å²) in [6.45, 7) is 4.66. The first-order chi connectivity index (χ1) is 11.1. The molecule has 2 heterocycles. The minimum Gasteiger partial charge on any atom is -0.454 e. The summed E-state index contributed by atoms with van der Waals surface area (Å²) in [5.41, 5.74) is 8.76. The lowest BCUT2D eigenvalue weighted by molar-refractivity contribution is 0.174. The largest absolute Gasteiger partial charge is 0.454 e. The van der Waals surface area contributed by atoms with Gasteiger partial charge in [-0.15, -0.1) is 0 Å². The Morgan fingerprint density at radius 3 is 2.70 bits per heavy atom. The zero-order valence-electron chi connectivity index (χ0n) is 13.2. The molecule has 3 rings (SSSR count). The van der Waals surface area contributed by atoms with Gasteiger partial charge in [0.2, 0.25) is 12.7 Å². The van der Waals surface area contributed by atoms with E-state index in [0.717, 1.165) is 34.9 Å². The molecule has 1 aromatic carbocycles. The molecule has 2 aromatic rings. The van der Waals surface area contributed by atoms with Gasteiger partial charge in [-0.05, 0) is 44.0 Å². The quantitative estimate of drug-likeness (QED) is 0.660. The van der Waals surface area contributed by atoms with E-state index in [1.165, 1.54) is 0 Å². The molecule has 7 heteroatoms. The number of anilines is 1. The molecule has 1 aromatic heterocycles. The third kappa shape index (κ3) is 3.88. The number of guanidine groups is 1. The van der Waals surface area contributed by atoms with E-state index in [1.807, 2.05) is 38.1 Å². The molecule has 0 saturated heterocycles. The van der Waals surface area contributed by atoms with Gasteiger partial charge in [-0.3, -0.25) is 10.3 Å². The van der Waals surface area contributed by atoms with Crippen LogP contribution < -0.4 is 20.5 Å². The summed E-state index contributed by atoms with van der Waals surface area (Å²) < 4.78 is 10.6. The number of nitrogens with two attached hydrogens (primary N) is 1. The normalized spacial score (nSPS) is 13.2. The first-order valence-corrected chi connectivity index (χ1v) is 7.38. The SMILES string of the molecule is Cc1cc(C)nc(NC(N)=NCCc2ccc3c(c2)OCO3)n1. The summed E-state index contributed by atoms with van der Waals surface area (Å²) >= 11 is 0. The fourth-order valence-corrected chi connectivity index (χ4v) is 2.34. The topological polar surface area (TPSA) is 94.7 Å². The van der Waals surface area contributed by atoms with E-state index in [2.05, 4.69) is 20.3 Å². The van der Waals surface area contributed by atoms with Gasteiger partial charge < -0.3 is 15.2 Å². The van der Waals surface area contributed by atoms with E-state index >= 15 is 0 Å². The molecule has 0 spiro atoms. The zero-order valence-corrected chi connectivity index (χ0v) is 13.2. The number of benzene rings is 1. The van der Waals surface area contributed by atoms with E-state index in [4.69, 9.17) is 15.2 Å². The van der Waals surface area contributed by atoms with Gasteiger partial charge in [-0.25, -0.2) is 9.97 Å². The second-order valence-electron chi connectivity index (χ2n) is 5.30. The summed E-state index contributed by atoms with van der Waals surface area (Å²) in [6, 6.07) is 7.78. The highest BCUT2D eigenvalue weighted by molar-refractivity contribution is 5.90. The first kappa shape index (κ1) is 15.1. The van der Waals surface area contributed by atoms with Gasteiger partial charge in [-0.1, -0.05) is 6.07 Å². The maximum Gasteiger partial charge on any atom is 0.231 e. The number of nitrogens with zero attached hydrogens (tertiary/aromatic N) is 3. The van der Waals surface area contributed by atoms with Crippen LogP contribution in [-0.2, 0) is 6.42 Å². The monoisotopic (exact) mass is 313 g/mol. The minimum atomic E-state index is 0.281. The lowest BCUT2D eigenvalue weighted by atomic mass is 10.1. The Kier molecular flexibility index (Phi) is 4.27. The van der Waals surface area contributed by atoms with Gasteiger partial charge in [0.05, 0.1) is 0 Å². The van der Waals surface area contributed by atoms with Crippen LogP contribution in [0.15, 0.2) is 29.3 Å². The second kappa shape index (κ2) is 6.51. The van der Waals surface area contributed by atoms with Crippen molar-refractivity contribution in [2.75, 3.05) is 18.7 Å². The summed E-state index contributed by atoms with van der Waals surface area (Å²) in [6.07, 6.45) is 0.757. The molecule has 120 valence electrons. The van der Waals surface area contributed by atoms with Crippen molar-refractivity contribution in [1.29, 1.82) is 0 Å². The molecular formula is C16H19N5O2. The highest BCUT2D eigenvalue weighted by atomic mass is 16.7. The summed E-state index contributed by atoms with van der Waals surface area (Å²) in [4.78, 5) is 12.8. The highest BCUT2D eigenvalue weighted by Gasteiger charge is 2.12. The molecule has 0 atom stereocenters. The van der Waals surface area contributed by atoms with Crippen LogP contribution in [-0.4, -0.2) is 29.3 Å². The number of ether oxygens (including phenoxy) is 2. The Hall–Kier alpha value is -2.83. The van der Waals surface area contributed by atoms with E-state index in [9.17, 15) is 0 Å². The Morgan fingerprint density at radius 2 is 1.91 bits per heavy atom. The summed E-state index contributed by atoms with van der Waals surface area (Å²) in [5, 5.41) is 2.91. The van der Waals surface area contributed by atoms with Gasteiger partial charge in [-0.2, -0.15) is 0 Å². The van der Waals surface area contributed by atoms with Crippen LogP contribution in [0.2, 0.25) is 0 Å². The summed E-state index contributed by atoms with van der Waals surface area (Å²) in [7, 11) is 0. The molecule has 1 aliphatic rings. The van der Waals surface area contributed by atoms with Crippen molar-refractivity contribution in [2.24, 2.45) is 10.7 Å². The molecule has 0 radical (unpaired) electrons. The Bertz CT molecular complexity index is 725. The molecule has 1 aliphatic heterocycles. The van der Waals surface area contributed by atoms with E-state index < -0.39 is 0 Å². The average molecular weight is 313 g/mol. The number of rotatable bonds is 4. The van der Waals surface area contributed by atoms with E-state index in [0.29, 0.717) is 18.5 Å².